The lowest BCUT2D eigenvalue weighted by molar-refractivity contribution is 1.13. The molecular formula is C9H7BrN2OS. The van der Waals surface area contributed by atoms with Crippen LogP contribution in [-0.4, -0.2) is 9.97 Å². The zero-order valence-corrected chi connectivity index (χ0v) is 9.75. The van der Waals surface area contributed by atoms with Crippen LogP contribution in [-0.2, 0) is 0 Å². The molecule has 2 N–H and O–H groups in total. The van der Waals surface area contributed by atoms with Gasteiger partial charge in [-0.2, -0.15) is 0 Å². The lowest BCUT2D eigenvalue weighted by Gasteiger charge is -2.01. The Labute approximate surface area is 93.3 Å². The second kappa shape index (κ2) is 3.33. The molecular weight excluding hydrogens is 264 g/mol. The lowest BCUT2D eigenvalue weighted by atomic mass is 10.2. The van der Waals surface area contributed by atoms with Crippen LogP contribution in [0.25, 0.3) is 10.9 Å². The van der Waals surface area contributed by atoms with Crippen molar-refractivity contribution < 1.29 is 0 Å². The van der Waals surface area contributed by atoms with Gasteiger partial charge in [-0.3, -0.25) is 9.78 Å². The number of benzene rings is 1. The van der Waals surface area contributed by atoms with Crippen molar-refractivity contribution >= 4 is 39.1 Å². The van der Waals surface area contributed by atoms with Gasteiger partial charge < -0.3 is 4.98 Å². The number of aryl methyl sites for hydroxylation is 1. The number of aromatic amines is 2. The molecule has 0 aliphatic heterocycles. The molecule has 0 aliphatic rings. The first-order valence-corrected chi connectivity index (χ1v) is 5.20. The molecule has 3 nitrogen and oxygen atoms in total. The van der Waals surface area contributed by atoms with Crippen molar-refractivity contribution in [2.75, 3.05) is 0 Å². The second-order valence-corrected chi connectivity index (χ2v) is 4.34. The Hall–Kier alpha value is -0.940. The molecule has 0 saturated heterocycles. The van der Waals surface area contributed by atoms with E-state index in [0.29, 0.717) is 10.2 Å². The van der Waals surface area contributed by atoms with Gasteiger partial charge in [0.1, 0.15) is 0 Å². The van der Waals surface area contributed by atoms with Gasteiger partial charge >= 0.3 is 0 Å². The van der Waals surface area contributed by atoms with Gasteiger partial charge in [0.15, 0.2) is 4.77 Å². The van der Waals surface area contributed by atoms with Crippen molar-refractivity contribution in [2.24, 2.45) is 0 Å². The molecule has 0 aliphatic carbocycles. The Morgan fingerprint density at radius 3 is 2.79 bits per heavy atom. The van der Waals surface area contributed by atoms with E-state index in [-0.39, 0.29) is 5.56 Å². The molecule has 72 valence electrons. The van der Waals surface area contributed by atoms with Crippen molar-refractivity contribution in [1.29, 1.82) is 0 Å². The Bertz CT molecular complexity index is 614. The minimum atomic E-state index is -0.159. The Morgan fingerprint density at radius 2 is 2.07 bits per heavy atom. The molecule has 2 rings (SSSR count). The minimum absolute atomic E-state index is 0.159. The van der Waals surface area contributed by atoms with Gasteiger partial charge in [-0.05, 0) is 52.8 Å². The molecule has 5 heteroatoms. The molecule has 0 atom stereocenters. The van der Waals surface area contributed by atoms with Crippen LogP contribution in [0, 0.1) is 11.7 Å². The van der Waals surface area contributed by atoms with Crippen molar-refractivity contribution in [3.05, 3.63) is 37.3 Å². The highest BCUT2D eigenvalue weighted by atomic mass is 79.9. The molecule has 2 aromatic rings. The summed E-state index contributed by atoms with van der Waals surface area (Å²) in [5, 5.41) is 0.616. The number of hydrogen-bond donors (Lipinski definition) is 2. The predicted molar refractivity (Wildman–Crippen MR) is 62.2 cm³/mol. The standard InChI is InChI=1S/C9H7BrN2OS/c1-4-2-5-7(6(10)3-4)11-9(14)12-8(5)13/h2-3H,1H3,(H2,11,12,13,14). The molecule has 1 heterocycles. The Morgan fingerprint density at radius 1 is 1.36 bits per heavy atom. The highest BCUT2D eigenvalue weighted by molar-refractivity contribution is 9.10. The third-order valence-electron chi connectivity index (χ3n) is 1.94. The summed E-state index contributed by atoms with van der Waals surface area (Å²) in [5.74, 6) is 0. The zero-order chi connectivity index (χ0) is 10.3. The lowest BCUT2D eigenvalue weighted by Crippen LogP contribution is -2.08. The molecule has 0 saturated carbocycles. The topological polar surface area (TPSA) is 48.6 Å². The summed E-state index contributed by atoms with van der Waals surface area (Å²) in [5.41, 5.74) is 1.61. The molecule has 0 amide bonds. The molecule has 14 heavy (non-hydrogen) atoms. The van der Waals surface area contributed by atoms with Crippen molar-refractivity contribution in [3.8, 4) is 0 Å². The van der Waals surface area contributed by atoms with E-state index in [1.54, 1.807) is 0 Å². The van der Waals surface area contributed by atoms with E-state index in [2.05, 4.69) is 25.9 Å². The van der Waals surface area contributed by atoms with Gasteiger partial charge in [-0.1, -0.05) is 0 Å². The SMILES string of the molecule is Cc1cc(Br)c2[nH]c(=S)[nH]c(=O)c2c1. The van der Waals surface area contributed by atoms with Crippen molar-refractivity contribution in [3.63, 3.8) is 0 Å². The third kappa shape index (κ3) is 1.53. The summed E-state index contributed by atoms with van der Waals surface area (Å²) >= 11 is 8.27. The Balaban J connectivity index is 3.10. The van der Waals surface area contributed by atoms with Gasteiger partial charge in [-0.25, -0.2) is 0 Å². The number of H-pyrrole nitrogens is 2. The summed E-state index contributed by atoms with van der Waals surface area (Å²) in [6, 6.07) is 3.76. The van der Waals surface area contributed by atoms with E-state index >= 15 is 0 Å². The van der Waals surface area contributed by atoms with Gasteiger partial charge in [0.05, 0.1) is 10.9 Å². The van der Waals surface area contributed by atoms with Gasteiger partial charge in [0.2, 0.25) is 0 Å². The van der Waals surface area contributed by atoms with E-state index in [1.165, 1.54) is 0 Å². The maximum absolute atomic E-state index is 11.5. The number of nitrogens with one attached hydrogen (secondary N) is 2. The number of halogens is 1. The fourth-order valence-electron chi connectivity index (χ4n) is 1.36. The number of rotatable bonds is 0. The van der Waals surface area contributed by atoms with Crippen LogP contribution >= 0.6 is 28.1 Å². The molecule has 0 bridgehead atoms. The van der Waals surface area contributed by atoms with Crippen molar-refractivity contribution in [2.45, 2.75) is 6.92 Å². The summed E-state index contributed by atoms with van der Waals surface area (Å²) in [6.07, 6.45) is 0. The van der Waals surface area contributed by atoms with Crippen LogP contribution in [0.2, 0.25) is 0 Å². The average Bonchev–Trinajstić information content (AvgIpc) is 2.07. The fourth-order valence-corrected chi connectivity index (χ4v) is 2.23. The maximum atomic E-state index is 11.5. The highest BCUT2D eigenvalue weighted by Gasteiger charge is 2.03. The summed E-state index contributed by atoms with van der Waals surface area (Å²) < 4.78 is 1.19. The quantitative estimate of drug-likeness (QED) is 0.724. The van der Waals surface area contributed by atoms with Crippen molar-refractivity contribution in [1.82, 2.24) is 9.97 Å². The van der Waals surface area contributed by atoms with E-state index in [9.17, 15) is 4.79 Å². The maximum Gasteiger partial charge on any atom is 0.259 e. The van der Waals surface area contributed by atoms with Crippen LogP contribution in [0.15, 0.2) is 21.4 Å². The second-order valence-electron chi connectivity index (χ2n) is 3.08. The number of fused-ring (bicyclic) bond motifs is 1. The van der Waals surface area contributed by atoms with Gasteiger partial charge in [-0.15, -0.1) is 0 Å². The number of aromatic nitrogens is 2. The zero-order valence-electron chi connectivity index (χ0n) is 7.35. The number of hydrogen-bond acceptors (Lipinski definition) is 2. The fraction of sp³-hybridized carbons (Fsp3) is 0.111. The largest absolute Gasteiger partial charge is 0.331 e. The van der Waals surface area contributed by atoms with Crippen LogP contribution in [0.1, 0.15) is 5.56 Å². The van der Waals surface area contributed by atoms with E-state index in [1.807, 2.05) is 19.1 Å². The predicted octanol–water partition coefficient (Wildman–Crippen LogP) is 2.66. The van der Waals surface area contributed by atoms with E-state index < -0.39 is 0 Å². The first kappa shape index (κ1) is 9.61. The smallest absolute Gasteiger partial charge is 0.259 e. The first-order chi connectivity index (χ1) is 6.58. The summed E-state index contributed by atoms with van der Waals surface area (Å²) in [7, 11) is 0. The minimum Gasteiger partial charge on any atom is -0.331 e. The molecule has 0 fully saturated rings. The summed E-state index contributed by atoms with van der Waals surface area (Å²) in [6.45, 7) is 1.94. The normalized spacial score (nSPS) is 10.7. The molecule has 1 aromatic carbocycles. The average molecular weight is 271 g/mol. The molecule has 0 spiro atoms. The first-order valence-electron chi connectivity index (χ1n) is 4.00. The third-order valence-corrected chi connectivity index (χ3v) is 2.77. The monoisotopic (exact) mass is 270 g/mol. The van der Waals surface area contributed by atoms with Gasteiger partial charge in [0, 0.05) is 4.47 Å². The van der Waals surface area contributed by atoms with Gasteiger partial charge in [0.25, 0.3) is 5.56 Å². The molecule has 0 radical (unpaired) electrons. The summed E-state index contributed by atoms with van der Waals surface area (Å²) in [4.78, 5) is 17.0. The highest BCUT2D eigenvalue weighted by Crippen LogP contribution is 2.20. The van der Waals surface area contributed by atoms with Crippen LogP contribution in [0.5, 0.6) is 0 Å². The van der Waals surface area contributed by atoms with E-state index in [4.69, 9.17) is 12.2 Å². The van der Waals surface area contributed by atoms with Crippen LogP contribution in [0.4, 0.5) is 0 Å². The molecule has 0 unspecified atom stereocenters. The molecule has 1 aromatic heterocycles. The Kier molecular flexibility index (Phi) is 2.28. The van der Waals surface area contributed by atoms with Crippen LogP contribution < -0.4 is 5.56 Å². The van der Waals surface area contributed by atoms with Crippen LogP contribution in [0.3, 0.4) is 0 Å². The van der Waals surface area contributed by atoms with E-state index in [0.717, 1.165) is 15.6 Å².